The van der Waals surface area contributed by atoms with Crippen molar-refractivity contribution in [2.45, 2.75) is 32.6 Å². The van der Waals surface area contributed by atoms with Crippen LogP contribution in [0.5, 0.6) is 0 Å². The third kappa shape index (κ3) is 5.19. The number of para-hydroxylation sites is 1. The molecule has 2 aromatic carbocycles. The van der Waals surface area contributed by atoms with E-state index in [9.17, 15) is 10.1 Å². The maximum atomic E-state index is 12.1. The molecule has 1 amide bonds. The Morgan fingerprint density at radius 3 is 2.70 bits per heavy atom. The van der Waals surface area contributed by atoms with Gasteiger partial charge in [-0.05, 0) is 55.5 Å². The minimum absolute atomic E-state index is 0.0125. The summed E-state index contributed by atoms with van der Waals surface area (Å²) in [6.45, 7) is 2.46. The van der Waals surface area contributed by atoms with E-state index in [-0.39, 0.29) is 5.91 Å². The van der Waals surface area contributed by atoms with Crippen LogP contribution in [0.25, 0.3) is 5.69 Å². The van der Waals surface area contributed by atoms with E-state index in [0.717, 1.165) is 21.8 Å². The monoisotopic (exact) mass is 421 g/mol. The molecule has 1 heterocycles. The third-order valence-corrected chi connectivity index (χ3v) is 5.30. The van der Waals surface area contributed by atoms with Crippen molar-refractivity contribution in [2.75, 3.05) is 12.3 Å². The fourth-order valence-corrected chi connectivity index (χ4v) is 3.37. The number of aryl methyl sites for hydroxylation is 3. The van der Waals surface area contributed by atoms with E-state index in [0.29, 0.717) is 49.3 Å². The molecule has 30 heavy (non-hydrogen) atoms. The molecule has 154 valence electrons. The lowest BCUT2D eigenvalue weighted by Crippen LogP contribution is -2.25. The highest BCUT2D eigenvalue weighted by Crippen LogP contribution is 2.21. The van der Waals surface area contributed by atoms with Gasteiger partial charge >= 0.3 is 0 Å². The van der Waals surface area contributed by atoms with Gasteiger partial charge in [-0.15, -0.1) is 0 Å². The van der Waals surface area contributed by atoms with Gasteiger partial charge in [0.05, 0.1) is 11.4 Å². The van der Waals surface area contributed by atoms with Crippen LogP contribution >= 0.6 is 11.6 Å². The summed E-state index contributed by atoms with van der Waals surface area (Å²) in [5.41, 5.74) is 10.0. The Labute approximate surface area is 181 Å². The number of amides is 1. The Morgan fingerprint density at radius 2 is 2.00 bits per heavy atom. The first-order valence-corrected chi connectivity index (χ1v) is 10.2. The molecule has 3 aromatic rings. The first kappa shape index (κ1) is 21.4. The molecule has 3 N–H and O–H groups in total. The molecule has 1 aromatic heterocycles. The molecule has 6 nitrogen and oxygen atoms in total. The van der Waals surface area contributed by atoms with Crippen molar-refractivity contribution in [1.82, 2.24) is 15.1 Å². The first-order chi connectivity index (χ1) is 14.5. The number of carbonyl (C=O) groups is 1. The van der Waals surface area contributed by atoms with Crippen molar-refractivity contribution in [1.29, 1.82) is 5.26 Å². The summed E-state index contributed by atoms with van der Waals surface area (Å²) in [4.78, 5) is 12.1. The van der Waals surface area contributed by atoms with Crippen LogP contribution in [0.2, 0.25) is 5.02 Å². The number of halogens is 1. The number of benzene rings is 2. The van der Waals surface area contributed by atoms with Crippen molar-refractivity contribution in [2.24, 2.45) is 0 Å². The molecule has 0 saturated carbocycles. The molecule has 3 rings (SSSR count). The van der Waals surface area contributed by atoms with Gasteiger partial charge in [-0.3, -0.25) is 4.79 Å². The SMILES string of the molecule is Cc1ccc(CCC(=O)NCCCc2nn(-c3ccccc3)c(N)c2C#N)cc1Cl. The van der Waals surface area contributed by atoms with E-state index in [1.807, 2.05) is 55.5 Å². The summed E-state index contributed by atoms with van der Waals surface area (Å²) >= 11 is 6.13. The number of nitrogen functional groups attached to an aromatic ring is 1. The van der Waals surface area contributed by atoms with Crippen LogP contribution in [0.3, 0.4) is 0 Å². The van der Waals surface area contributed by atoms with Gasteiger partial charge in [-0.1, -0.05) is 41.9 Å². The van der Waals surface area contributed by atoms with E-state index in [2.05, 4.69) is 16.5 Å². The molecule has 0 radical (unpaired) electrons. The van der Waals surface area contributed by atoms with E-state index in [4.69, 9.17) is 17.3 Å². The van der Waals surface area contributed by atoms with Gasteiger partial charge in [-0.2, -0.15) is 10.4 Å². The quantitative estimate of drug-likeness (QED) is 0.538. The number of nitrogens with zero attached hydrogens (tertiary/aromatic N) is 3. The van der Waals surface area contributed by atoms with E-state index in [1.54, 1.807) is 4.68 Å². The zero-order chi connectivity index (χ0) is 21.5. The number of nitrogens with one attached hydrogen (secondary N) is 1. The maximum absolute atomic E-state index is 12.1. The number of hydrogen-bond donors (Lipinski definition) is 2. The molecule has 7 heteroatoms. The zero-order valence-electron chi connectivity index (χ0n) is 16.9. The van der Waals surface area contributed by atoms with Crippen LogP contribution in [0.4, 0.5) is 5.82 Å². The number of anilines is 1. The van der Waals surface area contributed by atoms with Gasteiger partial charge in [0.15, 0.2) is 0 Å². The highest BCUT2D eigenvalue weighted by molar-refractivity contribution is 6.31. The summed E-state index contributed by atoms with van der Waals surface area (Å²) in [5.74, 6) is 0.320. The molecule has 0 aliphatic rings. The highest BCUT2D eigenvalue weighted by atomic mass is 35.5. The second-order valence-electron chi connectivity index (χ2n) is 7.10. The van der Waals surface area contributed by atoms with Crippen molar-refractivity contribution in [3.8, 4) is 11.8 Å². The Bertz CT molecular complexity index is 1070. The molecular weight excluding hydrogens is 398 g/mol. The summed E-state index contributed by atoms with van der Waals surface area (Å²) in [6, 6.07) is 17.5. The Hall–Kier alpha value is -3.30. The van der Waals surface area contributed by atoms with Crippen molar-refractivity contribution in [3.63, 3.8) is 0 Å². The highest BCUT2D eigenvalue weighted by Gasteiger charge is 2.16. The third-order valence-electron chi connectivity index (χ3n) is 4.90. The van der Waals surface area contributed by atoms with Crippen molar-refractivity contribution in [3.05, 3.63) is 75.9 Å². The summed E-state index contributed by atoms with van der Waals surface area (Å²) in [6.07, 6.45) is 2.27. The topological polar surface area (TPSA) is 96.7 Å². The van der Waals surface area contributed by atoms with Crippen molar-refractivity contribution < 1.29 is 4.79 Å². The van der Waals surface area contributed by atoms with Crippen molar-refractivity contribution >= 4 is 23.3 Å². The lowest BCUT2D eigenvalue weighted by Gasteiger charge is -2.06. The van der Waals surface area contributed by atoms with E-state index < -0.39 is 0 Å². The molecule has 0 spiro atoms. The summed E-state index contributed by atoms with van der Waals surface area (Å²) in [7, 11) is 0. The van der Waals surface area contributed by atoms with E-state index in [1.165, 1.54) is 0 Å². The number of aromatic nitrogens is 2. The van der Waals surface area contributed by atoms with Gasteiger partial charge < -0.3 is 11.1 Å². The van der Waals surface area contributed by atoms with Gasteiger partial charge in [0, 0.05) is 18.0 Å². The second-order valence-corrected chi connectivity index (χ2v) is 7.51. The van der Waals surface area contributed by atoms with Gasteiger partial charge in [0.25, 0.3) is 0 Å². The maximum Gasteiger partial charge on any atom is 0.220 e. The molecule has 0 aliphatic heterocycles. The number of nitriles is 1. The minimum Gasteiger partial charge on any atom is -0.382 e. The summed E-state index contributed by atoms with van der Waals surface area (Å²) < 4.78 is 1.58. The number of hydrogen-bond acceptors (Lipinski definition) is 4. The van der Waals surface area contributed by atoms with Crippen LogP contribution in [-0.4, -0.2) is 22.2 Å². The molecular formula is C23H24ClN5O. The molecule has 0 aliphatic carbocycles. The average Bonchev–Trinajstić information content (AvgIpc) is 3.08. The molecule has 0 bridgehead atoms. The fourth-order valence-electron chi connectivity index (χ4n) is 3.16. The van der Waals surface area contributed by atoms with Crippen LogP contribution < -0.4 is 11.1 Å². The minimum atomic E-state index is -0.0125. The lowest BCUT2D eigenvalue weighted by molar-refractivity contribution is -0.121. The molecule has 0 atom stereocenters. The molecule has 0 unspecified atom stereocenters. The fraction of sp³-hybridized carbons (Fsp3) is 0.261. The normalized spacial score (nSPS) is 10.6. The largest absolute Gasteiger partial charge is 0.382 e. The standard InChI is InChI=1S/C23H24ClN5O/c1-16-9-10-17(14-20(16)24)11-12-22(30)27-13-5-8-21-19(15-25)23(26)29(28-21)18-6-3-2-4-7-18/h2-4,6-7,9-10,14H,5,8,11-13,26H2,1H3,(H,27,30). The Kier molecular flexibility index (Phi) is 7.10. The number of nitrogens with two attached hydrogens (primary N) is 1. The molecule has 0 saturated heterocycles. The second kappa shape index (κ2) is 9.95. The van der Waals surface area contributed by atoms with Gasteiger partial charge in [-0.25, -0.2) is 4.68 Å². The summed E-state index contributed by atoms with van der Waals surface area (Å²) in [5, 5.41) is 17.6. The van der Waals surface area contributed by atoms with Crippen LogP contribution in [-0.2, 0) is 17.6 Å². The predicted molar refractivity (Wildman–Crippen MR) is 119 cm³/mol. The van der Waals surface area contributed by atoms with E-state index >= 15 is 0 Å². The van der Waals surface area contributed by atoms with Crippen LogP contribution in [0.15, 0.2) is 48.5 Å². The number of carbonyl (C=O) groups excluding carboxylic acids is 1. The molecule has 0 fully saturated rings. The Balaban J connectivity index is 1.50. The predicted octanol–water partition coefficient (Wildman–Crippen LogP) is 3.97. The van der Waals surface area contributed by atoms with Crippen LogP contribution in [0, 0.1) is 18.3 Å². The first-order valence-electron chi connectivity index (χ1n) is 9.84. The van der Waals surface area contributed by atoms with Crippen LogP contribution in [0.1, 0.15) is 35.2 Å². The van der Waals surface area contributed by atoms with Gasteiger partial charge in [0.1, 0.15) is 17.5 Å². The Morgan fingerprint density at radius 1 is 1.23 bits per heavy atom. The van der Waals surface area contributed by atoms with Gasteiger partial charge in [0.2, 0.25) is 5.91 Å². The average molecular weight is 422 g/mol. The smallest absolute Gasteiger partial charge is 0.220 e. The lowest BCUT2D eigenvalue weighted by atomic mass is 10.1. The number of rotatable bonds is 8. The zero-order valence-corrected chi connectivity index (χ0v) is 17.6.